The maximum absolute atomic E-state index is 13.0. The van der Waals surface area contributed by atoms with Crippen molar-refractivity contribution < 1.29 is 4.79 Å². The van der Waals surface area contributed by atoms with Crippen molar-refractivity contribution in [1.82, 2.24) is 20.0 Å². The normalized spacial score (nSPS) is 14.9. The smallest absolute Gasteiger partial charge is 0.257 e. The Balaban J connectivity index is 0.00000243. The van der Waals surface area contributed by atoms with E-state index in [9.17, 15) is 4.79 Å². The van der Waals surface area contributed by atoms with Crippen LogP contribution < -0.4 is 5.32 Å². The molecule has 5 nitrogen and oxygen atoms in total. The molecule has 142 valence electrons. The second kappa shape index (κ2) is 9.74. The van der Waals surface area contributed by atoms with Gasteiger partial charge in [0.05, 0.1) is 23.1 Å². The van der Waals surface area contributed by atoms with E-state index in [1.165, 1.54) is 6.42 Å². The molecule has 0 unspecified atom stereocenters. The zero-order chi connectivity index (χ0) is 17.6. The number of rotatable bonds is 6. The van der Waals surface area contributed by atoms with Crippen LogP contribution in [0.1, 0.15) is 42.2 Å². The molecule has 1 aliphatic heterocycles. The number of aromatic nitrogens is 2. The van der Waals surface area contributed by atoms with Crippen LogP contribution in [-0.2, 0) is 6.42 Å². The Kier molecular flexibility index (Phi) is 7.66. The molecule has 1 fully saturated rings. The predicted octanol–water partition coefficient (Wildman–Crippen LogP) is 3.32. The van der Waals surface area contributed by atoms with Gasteiger partial charge in [0, 0.05) is 13.1 Å². The molecular formula is C20H29ClN4O. The van der Waals surface area contributed by atoms with E-state index in [2.05, 4.69) is 17.3 Å². The van der Waals surface area contributed by atoms with E-state index in [1.54, 1.807) is 6.20 Å². The summed E-state index contributed by atoms with van der Waals surface area (Å²) in [7, 11) is 2.00. The van der Waals surface area contributed by atoms with Crippen LogP contribution in [0.4, 0.5) is 0 Å². The summed E-state index contributed by atoms with van der Waals surface area (Å²) in [5.74, 6) is 0.861. The Morgan fingerprint density at radius 1 is 1.23 bits per heavy atom. The summed E-state index contributed by atoms with van der Waals surface area (Å²) < 4.78 is 1.90. The number of carbonyl (C=O) groups excluding carboxylic acids is 1. The van der Waals surface area contributed by atoms with E-state index in [-0.39, 0.29) is 18.3 Å². The van der Waals surface area contributed by atoms with Gasteiger partial charge in [0.1, 0.15) is 0 Å². The Hall–Kier alpha value is -1.85. The largest absolute Gasteiger partial charge is 0.339 e. The van der Waals surface area contributed by atoms with Gasteiger partial charge >= 0.3 is 0 Å². The minimum atomic E-state index is 0. The molecule has 1 N–H and O–H groups in total. The minimum Gasteiger partial charge on any atom is -0.339 e. The average molecular weight is 377 g/mol. The van der Waals surface area contributed by atoms with Gasteiger partial charge in [-0.15, -0.1) is 12.4 Å². The maximum atomic E-state index is 13.0. The number of carbonyl (C=O) groups is 1. The van der Waals surface area contributed by atoms with Crippen molar-refractivity contribution >= 4 is 18.3 Å². The zero-order valence-corrected chi connectivity index (χ0v) is 16.5. The van der Waals surface area contributed by atoms with Crippen LogP contribution in [0.5, 0.6) is 0 Å². The number of hydrogen-bond acceptors (Lipinski definition) is 3. The van der Waals surface area contributed by atoms with Crippen molar-refractivity contribution in [3.63, 3.8) is 0 Å². The molecule has 0 spiro atoms. The highest BCUT2D eigenvalue weighted by Gasteiger charge is 2.26. The molecule has 0 aliphatic carbocycles. The van der Waals surface area contributed by atoms with Crippen molar-refractivity contribution in [2.75, 3.05) is 26.7 Å². The van der Waals surface area contributed by atoms with Crippen LogP contribution in [-0.4, -0.2) is 47.3 Å². The van der Waals surface area contributed by atoms with E-state index >= 15 is 0 Å². The summed E-state index contributed by atoms with van der Waals surface area (Å²) in [6.07, 6.45) is 5.92. The van der Waals surface area contributed by atoms with Gasteiger partial charge in [-0.05, 0) is 57.3 Å². The number of hydrogen-bond donors (Lipinski definition) is 1. The molecule has 1 aliphatic rings. The molecule has 1 saturated heterocycles. The third-order valence-electron chi connectivity index (χ3n) is 5.14. The maximum Gasteiger partial charge on any atom is 0.257 e. The standard InChI is InChI=1S/C20H28N4O.ClH/c1-3-19-18(15-22-24(19)17-7-5-4-6-8-17)20(25)23-13-10-16(11-14-23)9-12-21-2;/h4-8,15-16,21H,3,9-14H2,1-2H3;1H. The summed E-state index contributed by atoms with van der Waals surface area (Å²) in [5.41, 5.74) is 2.75. The van der Waals surface area contributed by atoms with Crippen LogP contribution in [0.3, 0.4) is 0 Å². The fourth-order valence-electron chi connectivity index (χ4n) is 3.63. The summed E-state index contributed by atoms with van der Waals surface area (Å²) in [5, 5.41) is 7.71. The van der Waals surface area contributed by atoms with Crippen molar-refractivity contribution in [3.05, 3.63) is 47.8 Å². The third kappa shape index (κ3) is 4.46. The molecule has 1 aromatic carbocycles. The first-order valence-electron chi connectivity index (χ1n) is 9.30. The van der Waals surface area contributed by atoms with Crippen molar-refractivity contribution in [1.29, 1.82) is 0 Å². The molecule has 0 bridgehead atoms. The molecular weight excluding hydrogens is 348 g/mol. The van der Waals surface area contributed by atoms with Crippen LogP contribution in [0.2, 0.25) is 0 Å². The number of amides is 1. The Morgan fingerprint density at radius 2 is 1.92 bits per heavy atom. The Morgan fingerprint density at radius 3 is 2.54 bits per heavy atom. The highest BCUT2D eigenvalue weighted by Crippen LogP contribution is 2.23. The number of para-hydroxylation sites is 1. The monoisotopic (exact) mass is 376 g/mol. The molecule has 0 saturated carbocycles. The van der Waals surface area contributed by atoms with Crippen molar-refractivity contribution in [3.8, 4) is 5.69 Å². The number of piperidine rings is 1. The number of halogens is 1. The second-order valence-electron chi connectivity index (χ2n) is 6.73. The van der Waals surface area contributed by atoms with E-state index in [1.807, 2.05) is 47.0 Å². The lowest BCUT2D eigenvalue weighted by molar-refractivity contribution is 0.0686. The van der Waals surface area contributed by atoms with E-state index in [0.717, 1.165) is 61.8 Å². The topological polar surface area (TPSA) is 50.2 Å². The second-order valence-corrected chi connectivity index (χ2v) is 6.73. The molecule has 3 rings (SSSR count). The lowest BCUT2D eigenvalue weighted by Gasteiger charge is -2.32. The summed E-state index contributed by atoms with van der Waals surface area (Å²) in [6, 6.07) is 10.0. The lowest BCUT2D eigenvalue weighted by Crippen LogP contribution is -2.39. The van der Waals surface area contributed by atoms with Crippen LogP contribution in [0.15, 0.2) is 36.5 Å². The third-order valence-corrected chi connectivity index (χ3v) is 5.14. The van der Waals surface area contributed by atoms with Crippen LogP contribution in [0.25, 0.3) is 5.69 Å². The first-order chi connectivity index (χ1) is 12.2. The van der Waals surface area contributed by atoms with Gasteiger partial charge in [0.15, 0.2) is 0 Å². The van der Waals surface area contributed by atoms with E-state index < -0.39 is 0 Å². The molecule has 0 radical (unpaired) electrons. The number of nitrogens with one attached hydrogen (secondary N) is 1. The quantitative estimate of drug-likeness (QED) is 0.841. The number of nitrogens with zero attached hydrogens (tertiary/aromatic N) is 3. The minimum absolute atomic E-state index is 0. The van der Waals surface area contributed by atoms with Gasteiger partial charge in [-0.1, -0.05) is 25.1 Å². The molecule has 26 heavy (non-hydrogen) atoms. The fourth-order valence-corrected chi connectivity index (χ4v) is 3.63. The van der Waals surface area contributed by atoms with Crippen molar-refractivity contribution in [2.45, 2.75) is 32.6 Å². The van der Waals surface area contributed by atoms with Gasteiger partial charge in [-0.2, -0.15) is 5.10 Å². The van der Waals surface area contributed by atoms with Gasteiger partial charge in [-0.25, -0.2) is 4.68 Å². The molecule has 1 amide bonds. The van der Waals surface area contributed by atoms with Gasteiger partial charge < -0.3 is 10.2 Å². The van der Waals surface area contributed by atoms with E-state index in [0.29, 0.717) is 0 Å². The molecule has 6 heteroatoms. The zero-order valence-electron chi connectivity index (χ0n) is 15.6. The summed E-state index contributed by atoms with van der Waals surface area (Å²) in [6.45, 7) is 4.85. The average Bonchev–Trinajstić information content (AvgIpc) is 3.11. The fraction of sp³-hybridized carbons (Fsp3) is 0.500. The van der Waals surface area contributed by atoms with E-state index in [4.69, 9.17) is 0 Å². The number of likely N-dealkylation sites (tertiary alicyclic amines) is 1. The Bertz CT molecular complexity index is 693. The summed E-state index contributed by atoms with van der Waals surface area (Å²) >= 11 is 0. The van der Waals surface area contributed by atoms with Gasteiger partial charge in [-0.3, -0.25) is 4.79 Å². The first kappa shape index (κ1) is 20.5. The number of benzene rings is 1. The van der Waals surface area contributed by atoms with Crippen LogP contribution >= 0.6 is 12.4 Å². The van der Waals surface area contributed by atoms with Gasteiger partial charge in [0.2, 0.25) is 0 Å². The molecule has 1 aromatic heterocycles. The predicted molar refractivity (Wildman–Crippen MR) is 107 cm³/mol. The molecule has 2 aromatic rings. The van der Waals surface area contributed by atoms with Crippen LogP contribution in [0, 0.1) is 5.92 Å². The van der Waals surface area contributed by atoms with Gasteiger partial charge in [0.25, 0.3) is 5.91 Å². The SMILES string of the molecule is CCc1c(C(=O)N2CCC(CCNC)CC2)cnn1-c1ccccc1.Cl. The lowest BCUT2D eigenvalue weighted by atomic mass is 9.93. The highest BCUT2D eigenvalue weighted by atomic mass is 35.5. The highest BCUT2D eigenvalue weighted by molar-refractivity contribution is 5.95. The molecule has 0 atom stereocenters. The van der Waals surface area contributed by atoms with Crippen molar-refractivity contribution in [2.24, 2.45) is 5.92 Å². The summed E-state index contributed by atoms with van der Waals surface area (Å²) in [4.78, 5) is 15.0. The first-order valence-corrected chi connectivity index (χ1v) is 9.30. The Labute approximate surface area is 162 Å². The molecule has 2 heterocycles.